The first-order chi connectivity index (χ1) is 13.9. The molecule has 10 heteroatoms. The van der Waals surface area contributed by atoms with Crippen molar-refractivity contribution in [3.63, 3.8) is 0 Å². The lowest BCUT2D eigenvalue weighted by Gasteiger charge is -2.33. The van der Waals surface area contributed by atoms with Gasteiger partial charge in [-0.25, -0.2) is 14.5 Å². The second-order valence-corrected chi connectivity index (χ2v) is 8.01. The number of hydrogen-bond donors (Lipinski definition) is 1. The van der Waals surface area contributed by atoms with Crippen molar-refractivity contribution in [1.29, 1.82) is 0 Å². The molecular formula is C19H16F2N6OS. The lowest BCUT2D eigenvalue weighted by Crippen LogP contribution is -2.40. The second-order valence-electron chi connectivity index (χ2n) is 6.97. The van der Waals surface area contributed by atoms with Crippen LogP contribution < -0.4 is 0 Å². The second kappa shape index (κ2) is 6.45. The highest BCUT2D eigenvalue weighted by atomic mass is 32.1. The summed E-state index contributed by atoms with van der Waals surface area (Å²) in [5.74, 6) is -3.43. The molecule has 0 fully saturated rings. The van der Waals surface area contributed by atoms with Gasteiger partial charge in [-0.05, 0) is 18.2 Å². The molecule has 0 bridgehead atoms. The first-order valence-corrected chi connectivity index (χ1v) is 9.85. The summed E-state index contributed by atoms with van der Waals surface area (Å²) in [5.41, 5.74) is 3.23. The first kappa shape index (κ1) is 17.9. The quantitative estimate of drug-likeness (QED) is 0.557. The summed E-state index contributed by atoms with van der Waals surface area (Å²) in [6, 6.07) is 7.11. The lowest BCUT2D eigenvalue weighted by atomic mass is 9.99. The van der Waals surface area contributed by atoms with Gasteiger partial charge in [0.05, 0.1) is 29.4 Å². The third kappa shape index (κ3) is 3.00. The molecule has 1 N–H and O–H groups in total. The zero-order valence-electron chi connectivity index (χ0n) is 15.3. The average molecular weight is 414 g/mol. The Kier molecular flexibility index (Phi) is 3.98. The number of rotatable bonds is 3. The minimum absolute atomic E-state index is 0.175. The van der Waals surface area contributed by atoms with Gasteiger partial charge in [0.1, 0.15) is 10.9 Å². The third-order valence-electron chi connectivity index (χ3n) is 4.95. The van der Waals surface area contributed by atoms with E-state index in [1.807, 2.05) is 30.5 Å². The maximum absolute atomic E-state index is 13.6. The molecule has 0 radical (unpaired) electrons. The molecule has 0 aliphatic carbocycles. The summed E-state index contributed by atoms with van der Waals surface area (Å²) in [5, 5.41) is 4.25. The summed E-state index contributed by atoms with van der Waals surface area (Å²) >= 11 is 0.721. The molecule has 1 atom stereocenters. The van der Waals surface area contributed by atoms with Crippen LogP contribution in [-0.2, 0) is 12.3 Å². The van der Waals surface area contributed by atoms with Gasteiger partial charge in [-0.2, -0.15) is 13.9 Å². The molecule has 0 saturated heterocycles. The molecule has 0 spiro atoms. The predicted molar refractivity (Wildman–Crippen MR) is 102 cm³/mol. The van der Waals surface area contributed by atoms with E-state index in [-0.39, 0.29) is 15.8 Å². The fourth-order valence-corrected chi connectivity index (χ4v) is 4.41. The lowest BCUT2D eigenvalue weighted by molar-refractivity contribution is 0.0172. The number of aromatic nitrogens is 5. The smallest absolute Gasteiger partial charge is 0.296 e. The van der Waals surface area contributed by atoms with Crippen molar-refractivity contribution in [1.82, 2.24) is 29.5 Å². The summed E-state index contributed by atoms with van der Waals surface area (Å²) in [6.07, 6.45) is 5.25. The van der Waals surface area contributed by atoms with Crippen LogP contribution in [-0.4, -0.2) is 41.9 Å². The van der Waals surface area contributed by atoms with E-state index >= 15 is 0 Å². The molecule has 4 aromatic rings. The molecule has 1 aliphatic rings. The fraction of sp³-hybridized carbons (Fsp3) is 0.263. The van der Waals surface area contributed by atoms with Gasteiger partial charge in [0.2, 0.25) is 0 Å². The van der Waals surface area contributed by atoms with Crippen LogP contribution >= 0.6 is 11.3 Å². The van der Waals surface area contributed by atoms with Gasteiger partial charge in [0, 0.05) is 31.8 Å². The molecule has 0 unspecified atom stereocenters. The molecule has 5 rings (SSSR count). The molecule has 4 aromatic heterocycles. The van der Waals surface area contributed by atoms with E-state index in [0.717, 1.165) is 35.2 Å². The van der Waals surface area contributed by atoms with E-state index in [0.29, 0.717) is 18.7 Å². The van der Waals surface area contributed by atoms with E-state index in [4.69, 9.17) is 0 Å². The van der Waals surface area contributed by atoms with Gasteiger partial charge in [-0.3, -0.25) is 4.79 Å². The third-order valence-corrected chi connectivity index (χ3v) is 6.10. The number of imidazole rings is 1. The highest BCUT2D eigenvalue weighted by Crippen LogP contribution is 2.36. The Morgan fingerprint density at radius 1 is 1.34 bits per heavy atom. The number of fused-ring (bicyclic) bond motifs is 2. The number of alkyl halides is 2. The Balaban J connectivity index is 1.57. The number of thiazole rings is 1. The Hall–Kier alpha value is -3.14. The number of carbonyl (C=O) groups excluding carboxylic acids is 1. The molecule has 29 heavy (non-hydrogen) atoms. The zero-order chi connectivity index (χ0) is 20.2. The van der Waals surface area contributed by atoms with E-state index < -0.39 is 12.0 Å². The molecule has 0 aromatic carbocycles. The number of halogens is 2. The predicted octanol–water partition coefficient (Wildman–Crippen LogP) is 3.41. The Morgan fingerprint density at radius 3 is 2.97 bits per heavy atom. The summed E-state index contributed by atoms with van der Waals surface area (Å²) in [4.78, 5) is 26.4. The largest absolute Gasteiger partial charge is 0.348 e. The Morgan fingerprint density at radius 2 is 2.21 bits per heavy atom. The topological polar surface area (TPSA) is 79.2 Å². The van der Waals surface area contributed by atoms with Crippen LogP contribution in [0, 0.1) is 0 Å². The maximum atomic E-state index is 13.6. The van der Waals surface area contributed by atoms with E-state index in [2.05, 4.69) is 20.1 Å². The highest BCUT2D eigenvalue weighted by Gasteiger charge is 2.38. The van der Waals surface area contributed by atoms with Crippen molar-refractivity contribution >= 4 is 22.8 Å². The molecule has 1 aliphatic heterocycles. The minimum atomic E-state index is -3.08. The summed E-state index contributed by atoms with van der Waals surface area (Å²) < 4.78 is 28.9. The van der Waals surface area contributed by atoms with E-state index in [1.165, 1.54) is 6.20 Å². The van der Waals surface area contributed by atoms with Crippen LogP contribution in [0.5, 0.6) is 0 Å². The standard InChI is InChI=1S/C19H16F2N6OS/c1-19(20,21)18-22-9-14(29-18)17(28)26-7-5-12-15(24-10-23-12)16(26)13-8-11-4-2-3-6-27(11)25-13/h2-4,6,8-10,16H,5,7H2,1H3,(H,23,24)/t16-/m1/s1. The number of hydrogen-bond acceptors (Lipinski definition) is 5. The van der Waals surface area contributed by atoms with Gasteiger partial charge in [-0.1, -0.05) is 6.07 Å². The number of H-pyrrole nitrogens is 1. The van der Waals surface area contributed by atoms with Crippen LogP contribution in [0.4, 0.5) is 8.78 Å². The molecular weight excluding hydrogens is 398 g/mol. The van der Waals surface area contributed by atoms with Crippen LogP contribution in [0.3, 0.4) is 0 Å². The monoisotopic (exact) mass is 414 g/mol. The SMILES string of the molecule is CC(F)(F)c1ncc(C(=O)N2CCc3[nH]cnc3[C@H]2c2cc3ccccn3n2)s1. The average Bonchev–Trinajstić information content (AvgIpc) is 3.44. The Labute approximate surface area is 168 Å². The highest BCUT2D eigenvalue weighted by molar-refractivity contribution is 7.13. The van der Waals surface area contributed by atoms with Crippen molar-refractivity contribution in [2.45, 2.75) is 25.3 Å². The van der Waals surface area contributed by atoms with Crippen molar-refractivity contribution in [3.8, 4) is 0 Å². The Bertz CT molecular complexity index is 1170. The van der Waals surface area contributed by atoms with Gasteiger partial charge >= 0.3 is 0 Å². The van der Waals surface area contributed by atoms with Crippen molar-refractivity contribution in [3.05, 3.63) is 70.0 Å². The van der Waals surface area contributed by atoms with Crippen molar-refractivity contribution in [2.75, 3.05) is 6.54 Å². The van der Waals surface area contributed by atoms with Gasteiger partial charge in [0.15, 0.2) is 5.01 Å². The number of nitrogens with zero attached hydrogens (tertiary/aromatic N) is 5. The molecule has 5 heterocycles. The molecule has 1 amide bonds. The molecule has 0 saturated carbocycles. The number of amides is 1. The number of nitrogens with one attached hydrogen (secondary N) is 1. The zero-order valence-corrected chi connectivity index (χ0v) is 16.2. The normalized spacial score (nSPS) is 16.9. The minimum Gasteiger partial charge on any atom is -0.348 e. The van der Waals surface area contributed by atoms with Crippen molar-refractivity contribution < 1.29 is 13.6 Å². The number of pyridine rings is 1. The van der Waals surface area contributed by atoms with E-state index in [9.17, 15) is 13.6 Å². The number of aromatic amines is 1. The summed E-state index contributed by atoms with van der Waals surface area (Å²) in [7, 11) is 0. The molecule has 148 valence electrons. The van der Waals surface area contributed by atoms with Gasteiger partial charge in [-0.15, -0.1) is 11.3 Å². The van der Waals surface area contributed by atoms with Crippen LogP contribution in [0.15, 0.2) is 43.0 Å². The van der Waals surface area contributed by atoms with Crippen LogP contribution in [0.1, 0.15) is 44.7 Å². The first-order valence-electron chi connectivity index (χ1n) is 9.03. The van der Waals surface area contributed by atoms with Crippen LogP contribution in [0.2, 0.25) is 0 Å². The maximum Gasteiger partial charge on any atom is 0.296 e. The fourth-order valence-electron chi connectivity index (χ4n) is 3.60. The number of carbonyl (C=O) groups is 1. The van der Waals surface area contributed by atoms with E-state index in [1.54, 1.807) is 15.7 Å². The van der Waals surface area contributed by atoms with Gasteiger partial charge < -0.3 is 9.88 Å². The molecule has 7 nitrogen and oxygen atoms in total. The van der Waals surface area contributed by atoms with Crippen LogP contribution in [0.25, 0.3) is 5.52 Å². The summed E-state index contributed by atoms with van der Waals surface area (Å²) in [6.45, 7) is 1.19. The van der Waals surface area contributed by atoms with Crippen molar-refractivity contribution in [2.24, 2.45) is 0 Å². The van der Waals surface area contributed by atoms with Gasteiger partial charge in [0.25, 0.3) is 11.8 Å².